The zero-order valence-corrected chi connectivity index (χ0v) is 12.0. The van der Waals surface area contributed by atoms with Gasteiger partial charge in [0.25, 0.3) is 0 Å². The highest BCUT2D eigenvalue weighted by Crippen LogP contribution is 2.22. The van der Waals surface area contributed by atoms with Crippen LogP contribution < -0.4 is 5.32 Å². The fourth-order valence-corrected chi connectivity index (χ4v) is 2.04. The summed E-state index contributed by atoms with van der Waals surface area (Å²) in [7, 11) is 0. The van der Waals surface area contributed by atoms with Crippen molar-refractivity contribution in [2.75, 3.05) is 19.8 Å². The Morgan fingerprint density at radius 3 is 2.70 bits per heavy atom. The summed E-state index contributed by atoms with van der Waals surface area (Å²) in [6.07, 6.45) is 0.358. The lowest BCUT2D eigenvalue weighted by atomic mass is 9.99. The highest BCUT2D eigenvalue weighted by atomic mass is 19.1. The highest BCUT2D eigenvalue weighted by Gasteiger charge is 2.22. The molecule has 114 valence electrons. The van der Waals surface area contributed by atoms with Crippen molar-refractivity contribution in [1.82, 2.24) is 5.32 Å². The first-order valence-corrected chi connectivity index (χ1v) is 7.04. The van der Waals surface area contributed by atoms with Gasteiger partial charge in [-0.15, -0.1) is 0 Å². The van der Waals surface area contributed by atoms with E-state index in [1.165, 1.54) is 0 Å². The van der Waals surface area contributed by atoms with E-state index in [0.29, 0.717) is 26.2 Å². The van der Waals surface area contributed by atoms with Crippen LogP contribution in [0.4, 0.5) is 8.78 Å². The number of aliphatic hydroxyl groups is 1. The van der Waals surface area contributed by atoms with E-state index in [1.807, 2.05) is 13.8 Å². The van der Waals surface area contributed by atoms with Gasteiger partial charge in [0.1, 0.15) is 11.6 Å². The second-order valence-electron chi connectivity index (χ2n) is 4.63. The number of aliphatic hydroxyl groups excluding tert-OH is 1. The number of nitrogens with one attached hydrogen (secondary N) is 1. The van der Waals surface area contributed by atoms with Crippen molar-refractivity contribution in [2.24, 2.45) is 0 Å². The Balaban J connectivity index is 2.57. The van der Waals surface area contributed by atoms with Crippen LogP contribution in [0.1, 0.15) is 38.4 Å². The SMILES string of the molecule is CCOCCCNC(CC)C(O)c1cc(F)ccc1F. The first-order valence-electron chi connectivity index (χ1n) is 7.04. The van der Waals surface area contributed by atoms with Gasteiger partial charge in [-0.1, -0.05) is 6.92 Å². The third kappa shape index (κ3) is 5.15. The van der Waals surface area contributed by atoms with Crippen molar-refractivity contribution in [3.05, 3.63) is 35.4 Å². The quantitative estimate of drug-likeness (QED) is 0.686. The molecule has 2 N–H and O–H groups in total. The molecule has 5 heteroatoms. The molecule has 3 nitrogen and oxygen atoms in total. The molecule has 0 amide bonds. The Morgan fingerprint density at radius 2 is 2.05 bits per heavy atom. The van der Waals surface area contributed by atoms with E-state index in [-0.39, 0.29) is 11.6 Å². The lowest BCUT2D eigenvalue weighted by molar-refractivity contribution is 0.114. The Labute approximate surface area is 119 Å². The van der Waals surface area contributed by atoms with Crippen LogP contribution in [0, 0.1) is 11.6 Å². The van der Waals surface area contributed by atoms with Crippen molar-refractivity contribution < 1.29 is 18.6 Å². The average molecular weight is 287 g/mol. The topological polar surface area (TPSA) is 41.5 Å². The van der Waals surface area contributed by atoms with Gasteiger partial charge in [0.2, 0.25) is 0 Å². The molecule has 0 heterocycles. The average Bonchev–Trinajstić information content (AvgIpc) is 2.45. The molecule has 0 spiro atoms. The normalized spacial score (nSPS) is 14.2. The predicted molar refractivity (Wildman–Crippen MR) is 74.5 cm³/mol. The van der Waals surface area contributed by atoms with E-state index in [0.717, 1.165) is 24.6 Å². The van der Waals surface area contributed by atoms with E-state index < -0.39 is 17.7 Å². The van der Waals surface area contributed by atoms with Gasteiger partial charge in [-0.2, -0.15) is 0 Å². The molecule has 0 saturated heterocycles. The molecule has 2 unspecified atom stereocenters. The van der Waals surface area contributed by atoms with Gasteiger partial charge in [-0.3, -0.25) is 0 Å². The van der Waals surface area contributed by atoms with E-state index in [1.54, 1.807) is 0 Å². The second-order valence-corrected chi connectivity index (χ2v) is 4.63. The molecule has 0 bridgehead atoms. The summed E-state index contributed by atoms with van der Waals surface area (Å²) in [6.45, 7) is 5.80. The van der Waals surface area contributed by atoms with E-state index in [2.05, 4.69) is 5.32 Å². The Kier molecular flexibility index (Phi) is 7.65. The monoisotopic (exact) mass is 287 g/mol. The van der Waals surface area contributed by atoms with Gasteiger partial charge >= 0.3 is 0 Å². The van der Waals surface area contributed by atoms with Crippen LogP contribution in [0.5, 0.6) is 0 Å². The predicted octanol–water partition coefficient (Wildman–Crippen LogP) is 2.79. The maximum atomic E-state index is 13.6. The van der Waals surface area contributed by atoms with Gasteiger partial charge in [-0.25, -0.2) is 8.78 Å². The van der Waals surface area contributed by atoms with Gasteiger partial charge < -0.3 is 15.2 Å². The molecule has 0 aliphatic rings. The third-order valence-electron chi connectivity index (χ3n) is 3.17. The second kappa shape index (κ2) is 9.00. The molecule has 0 fully saturated rings. The zero-order chi connectivity index (χ0) is 15.0. The number of hydrogen-bond donors (Lipinski definition) is 2. The number of hydrogen-bond acceptors (Lipinski definition) is 3. The van der Waals surface area contributed by atoms with Crippen LogP contribution in [-0.4, -0.2) is 30.9 Å². The highest BCUT2D eigenvalue weighted by molar-refractivity contribution is 5.22. The van der Waals surface area contributed by atoms with Gasteiger partial charge in [0.05, 0.1) is 6.10 Å². The minimum Gasteiger partial charge on any atom is -0.387 e. The van der Waals surface area contributed by atoms with Crippen LogP contribution in [0.25, 0.3) is 0 Å². The maximum Gasteiger partial charge on any atom is 0.129 e. The van der Waals surface area contributed by atoms with Gasteiger partial charge in [-0.05, 0) is 44.5 Å². The fourth-order valence-electron chi connectivity index (χ4n) is 2.04. The molecule has 1 aromatic carbocycles. The summed E-state index contributed by atoms with van der Waals surface area (Å²) in [5.41, 5.74) is -0.00541. The first-order chi connectivity index (χ1) is 9.60. The lowest BCUT2D eigenvalue weighted by Crippen LogP contribution is -2.35. The minimum atomic E-state index is -1.07. The first kappa shape index (κ1) is 17.0. The summed E-state index contributed by atoms with van der Waals surface area (Å²) in [6, 6.07) is 2.82. The maximum absolute atomic E-state index is 13.6. The molecule has 1 rings (SSSR count). The number of ether oxygens (including phenoxy) is 1. The minimum absolute atomic E-state index is 0.00541. The van der Waals surface area contributed by atoms with Crippen LogP contribution in [0.2, 0.25) is 0 Å². The lowest BCUT2D eigenvalue weighted by Gasteiger charge is -2.23. The van der Waals surface area contributed by atoms with Crippen molar-refractivity contribution in [1.29, 1.82) is 0 Å². The summed E-state index contributed by atoms with van der Waals surface area (Å²) < 4.78 is 32.0. The van der Waals surface area contributed by atoms with Crippen LogP contribution in [0.15, 0.2) is 18.2 Å². The van der Waals surface area contributed by atoms with Gasteiger partial charge in [0.15, 0.2) is 0 Å². The summed E-state index contributed by atoms with van der Waals surface area (Å²) in [4.78, 5) is 0. The van der Waals surface area contributed by atoms with E-state index >= 15 is 0 Å². The molecule has 1 aromatic rings. The molecule has 0 radical (unpaired) electrons. The standard InChI is InChI=1S/C15H23F2NO2/c1-3-14(18-8-5-9-20-4-2)15(19)12-10-11(16)6-7-13(12)17/h6-7,10,14-15,18-19H,3-5,8-9H2,1-2H3. The number of halogens is 2. The third-order valence-corrected chi connectivity index (χ3v) is 3.17. The fraction of sp³-hybridized carbons (Fsp3) is 0.600. The van der Waals surface area contributed by atoms with E-state index in [9.17, 15) is 13.9 Å². The van der Waals surface area contributed by atoms with Crippen molar-refractivity contribution in [3.63, 3.8) is 0 Å². The van der Waals surface area contributed by atoms with Crippen LogP contribution in [-0.2, 0) is 4.74 Å². The molecule has 2 atom stereocenters. The van der Waals surface area contributed by atoms with Crippen molar-refractivity contribution >= 4 is 0 Å². The van der Waals surface area contributed by atoms with Crippen LogP contribution in [0.3, 0.4) is 0 Å². The molecule has 20 heavy (non-hydrogen) atoms. The largest absolute Gasteiger partial charge is 0.387 e. The molecule has 0 aliphatic heterocycles. The molecular weight excluding hydrogens is 264 g/mol. The molecule has 0 aromatic heterocycles. The van der Waals surface area contributed by atoms with Crippen molar-refractivity contribution in [3.8, 4) is 0 Å². The molecule has 0 aliphatic carbocycles. The Morgan fingerprint density at radius 1 is 1.30 bits per heavy atom. The van der Waals surface area contributed by atoms with Crippen molar-refractivity contribution in [2.45, 2.75) is 38.8 Å². The van der Waals surface area contributed by atoms with E-state index in [4.69, 9.17) is 4.74 Å². The number of rotatable bonds is 9. The molecular formula is C15H23F2NO2. The Hall–Kier alpha value is -1.04. The summed E-state index contributed by atoms with van der Waals surface area (Å²) in [5.74, 6) is -1.14. The van der Waals surface area contributed by atoms with Gasteiger partial charge in [0, 0.05) is 24.8 Å². The summed E-state index contributed by atoms with van der Waals surface area (Å²) >= 11 is 0. The van der Waals surface area contributed by atoms with Crippen LogP contribution >= 0.6 is 0 Å². The number of benzene rings is 1. The zero-order valence-electron chi connectivity index (χ0n) is 12.0. The summed E-state index contributed by atoms with van der Waals surface area (Å²) in [5, 5.41) is 13.3. The Bertz CT molecular complexity index is 401. The smallest absolute Gasteiger partial charge is 0.129 e. The molecule has 0 saturated carbocycles.